The molecule has 58 heteroatoms. The van der Waals surface area contributed by atoms with Gasteiger partial charge in [-0.3, -0.25) is 146 Å². The van der Waals surface area contributed by atoms with Gasteiger partial charge in [-0.25, -0.2) is 0 Å². The third kappa shape index (κ3) is 59.9. The monoisotopic (exact) mass is 2580 g/mol. The largest absolute Gasteiger partial charge is 3.00 e. The average molecular weight is 2580 g/mol. The second-order valence-electron chi connectivity index (χ2n) is 34.7. The summed E-state index contributed by atoms with van der Waals surface area (Å²) in [5, 5.41) is 146. The number of nitrogens with zero attached hydrogens (tertiary/aromatic N) is 16. The molecule has 0 aromatic carbocycles. The maximum absolute atomic E-state index is 14.6. The van der Waals surface area contributed by atoms with Gasteiger partial charge in [-0.05, 0) is 34.1 Å². The number of hydrogen-bond donors (Lipinski definition) is 12. The van der Waals surface area contributed by atoms with Gasteiger partial charge in [0, 0.05) is 293 Å². The normalized spacial score (nSPS) is 19.1. The first-order valence-corrected chi connectivity index (χ1v) is 45.5. The van der Waals surface area contributed by atoms with Crippen LogP contribution in [0.3, 0.4) is 0 Å². The number of carboxylic acids is 12. The van der Waals surface area contributed by atoms with Crippen LogP contribution in [-0.4, -0.2) is 579 Å². The molecule has 1 unspecified atom stereocenters. The predicted octanol–water partition coefficient (Wildman–Crippen LogP) is -19.2. The van der Waals surface area contributed by atoms with E-state index in [9.17, 15) is 157 Å². The molecule has 4 heterocycles. The zero-order valence-corrected chi connectivity index (χ0v) is 88.9. The quantitative estimate of drug-likeness (QED) is 0.0269. The molecule has 54 nitrogen and oxygen atoms in total. The Kier molecular flexibility index (Phi) is 70.7. The molecule has 4 aliphatic heterocycles. The summed E-state index contributed by atoms with van der Waals surface area (Å²) in [5.74, 6) is -22.3. The van der Waals surface area contributed by atoms with Gasteiger partial charge in [0.15, 0.2) is 5.78 Å². The van der Waals surface area contributed by atoms with E-state index in [0.29, 0.717) is 0 Å². The van der Waals surface area contributed by atoms with E-state index >= 15 is 0 Å². The van der Waals surface area contributed by atoms with Crippen LogP contribution in [0.1, 0.15) is 53.4 Å². The van der Waals surface area contributed by atoms with Crippen molar-refractivity contribution in [3.05, 3.63) is 0 Å². The van der Waals surface area contributed by atoms with Crippen LogP contribution in [0.25, 0.3) is 0 Å². The van der Waals surface area contributed by atoms with Crippen LogP contribution in [0.15, 0.2) is 0 Å². The average Bonchev–Trinajstić information content (AvgIpc) is 0.844. The van der Waals surface area contributed by atoms with Gasteiger partial charge in [-0.1, -0.05) is 0 Å². The van der Waals surface area contributed by atoms with Crippen molar-refractivity contribution in [1.82, 2.24) is 110 Å². The minimum Gasteiger partial charge on any atom is -0.549 e. The summed E-state index contributed by atoms with van der Waals surface area (Å²) in [7, 11) is 0. The van der Waals surface area contributed by atoms with Crippen molar-refractivity contribution < 1.29 is 317 Å². The van der Waals surface area contributed by atoms with Gasteiger partial charge in [0.2, 0.25) is 35.4 Å². The van der Waals surface area contributed by atoms with E-state index in [0.717, 1.165) is 0 Å². The number of nitrogens with one attached hydrogen (secondary N) is 6. The fraction of sp³-hybridized carbons (Fsp3) is 0.759. The Hall–Kier alpha value is -5.54. The van der Waals surface area contributed by atoms with Crippen LogP contribution in [0.2, 0.25) is 0 Å². The Morgan fingerprint density at radius 3 is 0.610 bits per heavy atom. The summed E-state index contributed by atoms with van der Waals surface area (Å²) in [6.07, 6.45) is -2.06. The van der Waals surface area contributed by atoms with Gasteiger partial charge in [-0.15, -0.1) is 0 Å². The molecule has 4 aliphatic rings. The smallest absolute Gasteiger partial charge is 0.549 e. The maximum atomic E-state index is 14.6. The molecule has 0 saturated carbocycles. The molecule has 796 valence electrons. The van der Waals surface area contributed by atoms with Crippen LogP contribution in [0, 0.1) is 165 Å². The summed E-state index contributed by atoms with van der Waals surface area (Å²) in [4.78, 5) is 283. The maximum Gasteiger partial charge on any atom is 3.00 e. The Bertz CT molecular complexity index is 3420. The summed E-state index contributed by atoms with van der Waals surface area (Å²) in [6, 6.07) is -4.46. The number of amides is 6. The van der Waals surface area contributed by atoms with Gasteiger partial charge >= 0.3 is 196 Å². The zero-order valence-electron chi connectivity index (χ0n) is 79.9. The molecule has 12 N–H and O–H groups in total. The van der Waals surface area contributed by atoms with Crippen molar-refractivity contribution in [1.29, 1.82) is 0 Å². The molecule has 0 spiro atoms. The van der Waals surface area contributed by atoms with Crippen LogP contribution in [-0.2, 0) is 95.9 Å². The number of ketones is 2. The van der Waals surface area contributed by atoms with Gasteiger partial charge in [0.25, 0.3) is 0 Å². The Labute approximate surface area is 946 Å². The number of carbonyl (C=O) groups is 20. The Morgan fingerprint density at radius 2 is 0.411 bits per heavy atom. The number of Topliss-reactive ketones (excluding diaryl/α,β-unsaturated/α-hetero) is 2. The minimum atomic E-state index is -1.77. The molecule has 4 rings (SSSR count). The van der Waals surface area contributed by atoms with Crippen LogP contribution < -0.4 is 62.5 Å². The van der Waals surface area contributed by atoms with Crippen molar-refractivity contribution in [3.63, 3.8) is 0 Å². The zero-order chi connectivity index (χ0) is 102. The van der Waals surface area contributed by atoms with Crippen molar-refractivity contribution >= 4 is 119 Å². The molecule has 4 fully saturated rings. The number of hydrogen-bond acceptors (Lipinski definition) is 42. The second kappa shape index (κ2) is 73.5. The van der Waals surface area contributed by atoms with Gasteiger partial charge < -0.3 is 122 Å². The van der Waals surface area contributed by atoms with Gasteiger partial charge in [0.1, 0.15) is 5.78 Å². The van der Waals surface area contributed by atoms with E-state index in [2.05, 4.69) is 31.9 Å². The molecule has 4 radical (unpaired) electrons. The molecule has 141 heavy (non-hydrogen) atoms. The predicted molar refractivity (Wildman–Crippen MR) is 466 cm³/mol. The number of aliphatic carboxylic acids is 12. The molecule has 0 aromatic heterocycles. The van der Waals surface area contributed by atoms with Crippen molar-refractivity contribution in [2.45, 2.75) is 77.5 Å². The third-order valence-electron chi connectivity index (χ3n) is 24.4. The molecule has 4 saturated heterocycles. The van der Waals surface area contributed by atoms with E-state index in [1.54, 1.807) is 19.6 Å². The first-order chi connectivity index (χ1) is 64.6. The molecule has 0 aliphatic carbocycles. The standard InChI is InChI=1S/C83H142N22O32.4Gd/c1-59(102-33-25-94(48-72(119)120)17-9-90(44-68(111)112)10-18-95(26-34-102)49-73(121)122)64(107)5-6-65(108)87-56-83(8-7-63(106)41-84-80(135)60(2)103-35-27-96(50-74(123)124)19-11-91(45-69(113)114)12-20-97(28-36-103)51-75(125)126,57-88-66(109)42-85-81(136)61(3)104-37-29-98(52-76(127)128)21-13-92(46-70(115)116)14-22-99(30-38-104)53-77(129)130)58-89-67(110)43-86-82(137)62(4)105-39-31-100(54-78(131)132)23-15-93(47-71(117)118)16-24-101(32-40-105)55-79(133)134;;;;/h59-62H,5-58H2,1-4H3,(H,84,135)(H,85,136)(H,86,137)(H,87,108)(H,88,109)(H,89,110)(H,111,112)(H,113,114)(H,115,116)(H,117,118)(H,119,120)(H,121,122)(H,123,124)(H,125,126)(H,127,128)(H,129,130)(H,131,132)(H,133,134);;;;/q;4*+3/p-6/t59-,60-,61-,62-;;;;/m1..../s1. The Balaban J connectivity index is 0.0000490. The SMILES string of the molecule is C[C@H](C(=O)CCC(=O)NCC(CCC(=O)CNC(=O)[C@@H](C)N1CCN(CC(=O)[O-])CCN(CC(=O)O)CCN(CC(=O)O)CC1)(CNC(=O)CNC(=O)[C@@H](C)N1CCN(CC(=O)[O-])CCN(CC(=O)[O-])CCN(CC(=O)O)CC1)CNC(=O)CNC(=O)[C@@H](C)N1CCN(CC(=O)[O-])CCN(CC(=O)O)CCN(CC(=O)O)CC1)N1CCN(CC(=O)[O-])CCN(CC(=O)[O-])CCN(CC(=O)O)CC1.[Gd+3].[Gd+3].[Gd+3].[Gd+3]. The summed E-state index contributed by atoms with van der Waals surface area (Å²) < 4.78 is 0. The fourth-order valence-corrected chi connectivity index (χ4v) is 16.0. The molecule has 5 atom stereocenters. The van der Waals surface area contributed by atoms with E-state index in [4.69, 9.17) is 0 Å². The van der Waals surface area contributed by atoms with E-state index < -0.39 is 292 Å². The van der Waals surface area contributed by atoms with Crippen molar-refractivity contribution in [2.75, 3.05) is 327 Å². The minimum absolute atomic E-state index is 0. The second-order valence-corrected chi connectivity index (χ2v) is 34.7. The van der Waals surface area contributed by atoms with E-state index in [1.165, 1.54) is 86.5 Å². The summed E-state index contributed by atoms with van der Waals surface area (Å²) in [6.45, 7) is -4.78. The molecule has 6 amide bonds. The van der Waals surface area contributed by atoms with Gasteiger partial charge in [-0.2, -0.15) is 0 Å². The molecular formula is C83H136Gd4N22O32+6. The Morgan fingerprint density at radius 1 is 0.234 bits per heavy atom. The number of rotatable bonds is 50. The van der Waals surface area contributed by atoms with E-state index in [1.807, 2.05) is 0 Å². The molecular weight excluding hydrogens is 2450 g/mol. The number of carboxylic acid groups (broad SMARTS) is 12. The fourth-order valence-electron chi connectivity index (χ4n) is 16.0. The van der Waals surface area contributed by atoms with Crippen LogP contribution in [0.5, 0.6) is 0 Å². The first kappa shape index (κ1) is 135. The summed E-state index contributed by atoms with van der Waals surface area (Å²) >= 11 is 0. The summed E-state index contributed by atoms with van der Waals surface area (Å²) in [5.41, 5.74) is -1.77. The third-order valence-corrected chi connectivity index (χ3v) is 24.4. The first-order valence-electron chi connectivity index (χ1n) is 45.5. The van der Waals surface area contributed by atoms with Crippen molar-refractivity contribution in [3.8, 4) is 0 Å². The van der Waals surface area contributed by atoms with Gasteiger partial charge in [0.05, 0.1) is 119 Å². The topological polar surface area (TPSA) is 725 Å². The molecule has 0 bridgehead atoms. The number of carbonyl (C=O) groups excluding carboxylic acids is 14. The van der Waals surface area contributed by atoms with Crippen molar-refractivity contribution in [2.24, 2.45) is 5.41 Å². The van der Waals surface area contributed by atoms with Crippen LogP contribution >= 0.6 is 0 Å². The molecule has 0 aromatic rings. The van der Waals surface area contributed by atoms with Crippen LogP contribution in [0.4, 0.5) is 0 Å². The van der Waals surface area contributed by atoms with E-state index in [-0.39, 0.29) is 369 Å².